The number of carbonyl (C=O) groups excluding carboxylic acids is 2. The molecule has 0 atom stereocenters. The molecule has 0 aliphatic carbocycles. The van der Waals surface area contributed by atoms with Gasteiger partial charge in [0.25, 0.3) is 5.91 Å². The van der Waals surface area contributed by atoms with Gasteiger partial charge in [-0.25, -0.2) is 0 Å². The molecule has 33 heavy (non-hydrogen) atoms. The van der Waals surface area contributed by atoms with E-state index in [1.807, 2.05) is 42.1 Å². The lowest BCUT2D eigenvalue weighted by molar-refractivity contribution is -0.113. The Morgan fingerprint density at radius 1 is 1.09 bits per heavy atom. The van der Waals surface area contributed by atoms with Crippen molar-refractivity contribution in [3.05, 3.63) is 76.1 Å². The first kappa shape index (κ1) is 23.0. The molecule has 2 N–H and O–H groups in total. The molecular weight excluding hydrogens is 478 g/mol. The van der Waals surface area contributed by atoms with Gasteiger partial charge in [0.1, 0.15) is 0 Å². The zero-order chi connectivity index (χ0) is 23.4. The number of halogens is 1. The zero-order valence-electron chi connectivity index (χ0n) is 17.8. The molecule has 0 bridgehead atoms. The van der Waals surface area contributed by atoms with E-state index in [4.69, 9.17) is 11.6 Å². The van der Waals surface area contributed by atoms with Crippen molar-refractivity contribution in [1.29, 1.82) is 0 Å². The second-order valence-electron chi connectivity index (χ2n) is 7.17. The van der Waals surface area contributed by atoms with Crippen molar-refractivity contribution in [3.63, 3.8) is 0 Å². The van der Waals surface area contributed by atoms with Crippen LogP contribution in [-0.4, -0.2) is 32.3 Å². The molecule has 2 heterocycles. The third kappa shape index (κ3) is 5.62. The summed E-state index contributed by atoms with van der Waals surface area (Å²) in [5, 5.41) is 17.4. The highest BCUT2D eigenvalue weighted by atomic mass is 35.5. The van der Waals surface area contributed by atoms with E-state index in [1.165, 1.54) is 11.8 Å². The molecule has 2 aromatic carbocycles. The predicted octanol–water partition coefficient (Wildman–Crippen LogP) is 5.49. The number of nitrogens with zero attached hydrogens (tertiary/aromatic N) is 3. The van der Waals surface area contributed by atoms with Gasteiger partial charge >= 0.3 is 0 Å². The van der Waals surface area contributed by atoms with Crippen molar-refractivity contribution in [2.45, 2.75) is 12.1 Å². The van der Waals surface area contributed by atoms with E-state index >= 15 is 0 Å². The van der Waals surface area contributed by atoms with E-state index in [9.17, 15) is 9.59 Å². The quantitative estimate of drug-likeness (QED) is 0.330. The molecule has 7 nitrogen and oxygen atoms in total. The second kappa shape index (κ2) is 10.2. The number of benzene rings is 2. The van der Waals surface area contributed by atoms with Crippen molar-refractivity contribution in [1.82, 2.24) is 14.8 Å². The maximum Gasteiger partial charge on any atom is 0.255 e. The molecule has 168 valence electrons. The molecule has 0 fully saturated rings. The highest BCUT2D eigenvalue weighted by Crippen LogP contribution is 2.26. The fourth-order valence-corrected chi connectivity index (χ4v) is 4.64. The van der Waals surface area contributed by atoms with Gasteiger partial charge < -0.3 is 15.2 Å². The lowest BCUT2D eigenvalue weighted by atomic mass is 10.1. The fourth-order valence-electron chi connectivity index (χ4n) is 3.06. The number of anilines is 2. The van der Waals surface area contributed by atoms with Crippen molar-refractivity contribution < 1.29 is 9.59 Å². The van der Waals surface area contributed by atoms with Crippen molar-refractivity contribution in [2.24, 2.45) is 7.05 Å². The molecule has 10 heteroatoms. The lowest BCUT2D eigenvalue weighted by Gasteiger charge is -2.11. The van der Waals surface area contributed by atoms with Crippen LogP contribution in [-0.2, 0) is 11.8 Å². The minimum Gasteiger partial charge on any atom is -0.325 e. The van der Waals surface area contributed by atoms with Crippen LogP contribution >= 0.6 is 34.7 Å². The van der Waals surface area contributed by atoms with Gasteiger partial charge in [-0.05, 0) is 66.4 Å². The summed E-state index contributed by atoms with van der Waals surface area (Å²) in [6, 6.07) is 15.9. The standard InChI is InChI=1S/C23H20ClN5O2S2/c1-14-12-17(25-22(31)15-5-7-16(24)8-6-15)9-10-18(14)26-20(30)13-33-23-28-27-21(29(23)2)19-4-3-11-32-19/h3-12H,13H2,1-2H3,(H,25,31)(H,26,30). The molecular formula is C23H20ClN5O2S2. The number of aromatic nitrogens is 3. The number of hydrogen-bond acceptors (Lipinski definition) is 6. The molecule has 0 saturated heterocycles. The van der Waals surface area contributed by atoms with Crippen molar-refractivity contribution in [2.75, 3.05) is 16.4 Å². The SMILES string of the molecule is Cc1cc(NC(=O)c2ccc(Cl)cc2)ccc1NC(=O)CSc1nnc(-c2cccs2)n1C. The van der Waals surface area contributed by atoms with Gasteiger partial charge in [0.05, 0.1) is 10.6 Å². The number of carbonyl (C=O) groups is 2. The van der Waals surface area contributed by atoms with Crippen LogP contribution in [0.2, 0.25) is 5.02 Å². The summed E-state index contributed by atoms with van der Waals surface area (Å²) in [6.45, 7) is 1.87. The van der Waals surface area contributed by atoms with E-state index < -0.39 is 0 Å². The van der Waals surface area contributed by atoms with Gasteiger partial charge in [-0.2, -0.15) is 0 Å². The fraction of sp³-hybridized carbons (Fsp3) is 0.130. The Morgan fingerprint density at radius 3 is 2.58 bits per heavy atom. The number of hydrogen-bond donors (Lipinski definition) is 2. The van der Waals surface area contributed by atoms with Crippen LogP contribution in [0, 0.1) is 6.92 Å². The second-order valence-corrected chi connectivity index (χ2v) is 9.50. The molecule has 0 radical (unpaired) electrons. The number of thiophene rings is 1. The normalized spacial score (nSPS) is 10.8. The minimum absolute atomic E-state index is 0.151. The molecule has 2 amide bonds. The van der Waals surface area contributed by atoms with E-state index in [2.05, 4.69) is 20.8 Å². The topological polar surface area (TPSA) is 88.9 Å². The molecule has 0 aliphatic heterocycles. The van der Waals surface area contributed by atoms with E-state index in [0.29, 0.717) is 27.1 Å². The maximum atomic E-state index is 12.5. The number of aryl methyl sites for hydroxylation is 1. The van der Waals surface area contributed by atoms with Gasteiger partial charge in [-0.15, -0.1) is 21.5 Å². The van der Waals surface area contributed by atoms with E-state index in [0.717, 1.165) is 16.3 Å². The highest BCUT2D eigenvalue weighted by molar-refractivity contribution is 7.99. The van der Waals surface area contributed by atoms with Crippen LogP contribution in [0.5, 0.6) is 0 Å². The molecule has 0 saturated carbocycles. The summed E-state index contributed by atoms with van der Waals surface area (Å²) in [5.41, 5.74) is 2.67. The molecule has 0 aliphatic rings. The number of amides is 2. The first-order valence-corrected chi connectivity index (χ1v) is 12.2. The first-order chi connectivity index (χ1) is 15.9. The average molecular weight is 498 g/mol. The summed E-state index contributed by atoms with van der Waals surface area (Å²) in [7, 11) is 1.89. The third-order valence-electron chi connectivity index (χ3n) is 4.77. The van der Waals surface area contributed by atoms with Gasteiger partial charge in [-0.3, -0.25) is 9.59 Å². The van der Waals surface area contributed by atoms with Crippen molar-refractivity contribution in [3.8, 4) is 10.7 Å². The number of nitrogens with one attached hydrogen (secondary N) is 2. The van der Waals surface area contributed by atoms with Crippen LogP contribution in [0.1, 0.15) is 15.9 Å². The van der Waals surface area contributed by atoms with Crippen LogP contribution in [0.3, 0.4) is 0 Å². The summed E-state index contributed by atoms with van der Waals surface area (Å²) in [4.78, 5) is 25.9. The summed E-state index contributed by atoms with van der Waals surface area (Å²) in [6.07, 6.45) is 0. The summed E-state index contributed by atoms with van der Waals surface area (Å²) in [5.74, 6) is 0.594. The summed E-state index contributed by atoms with van der Waals surface area (Å²) >= 11 is 8.78. The number of rotatable bonds is 7. The minimum atomic E-state index is -0.232. The Labute approximate surface area is 204 Å². The maximum absolute atomic E-state index is 12.5. The van der Waals surface area contributed by atoms with Crippen LogP contribution in [0.25, 0.3) is 10.7 Å². The monoisotopic (exact) mass is 497 g/mol. The van der Waals surface area contributed by atoms with Crippen LogP contribution in [0.4, 0.5) is 11.4 Å². The van der Waals surface area contributed by atoms with Gasteiger partial charge in [-0.1, -0.05) is 29.4 Å². The lowest BCUT2D eigenvalue weighted by Crippen LogP contribution is -2.16. The Hall–Kier alpha value is -3.14. The average Bonchev–Trinajstić information content (AvgIpc) is 3.44. The molecule has 0 unspecified atom stereocenters. The molecule has 0 spiro atoms. The zero-order valence-corrected chi connectivity index (χ0v) is 20.2. The third-order valence-corrected chi connectivity index (χ3v) is 6.91. The molecule has 4 aromatic rings. The Bertz CT molecular complexity index is 1290. The Kier molecular flexibility index (Phi) is 7.12. The van der Waals surface area contributed by atoms with E-state index in [1.54, 1.807) is 47.7 Å². The van der Waals surface area contributed by atoms with Crippen LogP contribution in [0.15, 0.2) is 65.1 Å². The first-order valence-electron chi connectivity index (χ1n) is 9.94. The molecule has 4 rings (SSSR count). The Balaban J connectivity index is 1.34. The molecule has 2 aromatic heterocycles. The predicted molar refractivity (Wildman–Crippen MR) is 134 cm³/mol. The summed E-state index contributed by atoms with van der Waals surface area (Å²) < 4.78 is 1.88. The largest absolute Gasteiger partial charge is 0.325 e. The van der Waals surface area contributed by atoms with E-state index in [-0.39, 0.29) is 17.6 Å². The van der Waals surface area contributed by atoms with Gasteiger partial charge in [0.2, 0.25) is 5.91 Å². The Morgan fingerprint density at radius 2 is 1.88 bits per heavy atom. The van der Waals surface area contributed by atoms with Gasteiger partial charge in [0, 0.05) is 29.0 Å². The van der Waals surface area contributed by atoms with Crippen molar-refractivity contribution >= 4 is 57.9 Å². The highest BCUT2D eigenvalue weighted by Gasteiger charge is 2.14. The smallest absolute Gasteiger partial charge is 0.255 e. The van der Waals surface area contributed by atoms with Crippen LogP contribution < -0.4 is 10.6 Å². The number of thioether (sulfide) groups is 1. The van der Waals surface area contributed by atoms with Gasteiger partial charge in [0.15, 0.2) is 11.0 Å².